The van der Waals surface area contributed by atoms with Gasteiger partial charge in [-0.15, -0.1) is 0 Å². The van der Waals surface area contributed by atoms with Crippen molar-refractivity contribution in [2.75, 3.05) is 18.4 Å². The van der Waals surface area contributed by atoms with Gasteiger partial charge in [0.05, 0.1) is 24.3 Å². The Hall–Kier alpha value is -2.47. The quantitative estimate of drug-likeness (QED) is 0.772. The lowest BCUT2D eigenvalue weighted by Gasteiger charge is -2.24. The first-order valence-corrected chi connectivity index (χ1v) is 8.59. The molecule has 1 fully saturated rings. The number of aromatic nitrogens is 4. The van der Waals surface area contributed by atoms with E-state index in [0.29, 0.717) is 6.04 Å². The minimum Gasteiger partial charge on any atom is -0.365 e. The first-order chi connectivity index (χ1) is 11.8. The maximum Gasteiger partial charge on any atom is 0.145 e. The van der Waals surface area contributed by atoms with E-state index < -0.39 is 0 Å². The van der Waals surface area contributed by atoms with Gasteiger partial charge in [0.1, 0.15) is 17.2 Å². The molecule has 124 valence electrons. The second-order valence-electron chi connectivity index (χ2n) is 6.24. The zero-order valence-electron chi connectivity index (χ0n) is 13.9. The number of fused-ring (bicyclic) bond motifs is 1. The van der Waals surface area contributed by atoms with Crippen molar-refractivity contribution in [3.05, 3.63) is 42.5 Å². The predicted molar refractivity (Wildman–Crippen MR) is 95.1 cm³/mol. The average molecular weight is 322 g/mol. The summed E-state index contributed by atoms with van der Waals surface area (Å²) in [7, 11) is 0. The Balaban J connectivity index is 1.63. The van der Waals surface area contributed by atoms with Crippen LogP contribution < -0.4 is 10.6 Å². The van der Waals surface area contributed by atoms with Crippen molar-refractivity contribution in [2.45, 2.75) is 32.2 Å². The van der Waals surface area contributed by atoms with Gasteiger partial charge in [0.25, 0.3) is 0 Å². The van der Waals surface area contributed by atoms with Gasteiger partial charge in [-0.05, 0) is 43.5 Å². The van der Waals surface area contributed by atoms with Crippen molar-refractivity contribution in [2.24, 2.45) is 0 Å². The Kier molecular flexibility index (Phi) is 4.13. The minimum atomic E-state index is 0.414. The van der Waals surface area contributed by atoms with Crippen LogP contribution in [0.1, 0.15) is 25.3 Å². The molecule has 1 aliphatic rings. The molecule has 0 aliphatic carbocycles. The van der Waals surface area contributed by atoms with Crippen molar-refractivity contribution in [3.8, 4) is 11.4 Å². The molecule has 6 nitrogen and oxygen atoms in total. The van der Waals surface area contributed by atoms with E-state index in [1.165, 1.54) is 12.0 Å². The summed E-state index contributed by atoms with van der Waals surface area (Å²) in [6.07, 6.45) is 10.9. The van der Waals surface area contributed by atoms with Crippen LogP contribution in [0.4, 0.5) is 5.82 Å². The molecule has 1 unspecified atom stereocenters. The Morgan fingerprint density at radius 3 is 3.12 bits per heavy atom. The number of hydrogen-bond donors (Lipinski definition) is 2. The molecule has 1 saturated heterocycles. The summed E-state index contributed by atoms with van der Waals surface area (Å²) >= 11 is 0. The number of pyridine rings is 1. The topological polar surface area (TPSA) is 67.1 Å². The molecule has 0 bridgehead atoms. The van der Waals surface area contributed by atoms with E-state index >= 15 is 0 Å². The lowest BCUT2D eigenvalue weighted by molar-refractivity contribution is 0.479. The standard InChI is InChI=1S/C18H22N6/c1-2-13-5-7-24-16(11-21-18(24)8-13)15-10-20-12-17(23-15)22-14-4-3-6-19-9-14/h5,7-8,10-12,14,19H,2-4,6,9H2,1H3,(H,22,23). The highest BCUT2D eigenvalue weighted by Crippen LogP contribution is 2.21. The fraction of sp³-hybridized carbons (Fsp3) is 0.389. The molecule has 24 heavy (non-hydrogen) atoms. The fourth-order valence-electron chi connectivity index (χ4n) is 3.18. The van der Waals surface area contributed by atoms with Crippen LogP contribution in [-0.4, -0.2) is 38.5 Å². The minimum absolute atomic E-state index is 0.414. The van der Waals surface area contributed by atoms with Crippen LogP contribution in [-0.2, 0) is 6.42 Å². The van der Waals surface area contributed by atoms with E-state index in [-0.39, 0.29) is 0 Å². The highest BCUT2D eigenvalue weighted by molar-refractivity contribution is 5.61. The van der Waals surface area contributed by atoms with E-state index in [2.05, 4.69) is 50.3 Å². The van der Waals surface area contributed by atoms with Crippen molar-refractivity contribution < 1.29 is 0 Å². The monoisotopic (exact) mass is 322 g/mol. The van der Waals surface area contributed by atoms with Gasteiger partial charge in [0.2, 0.25) is 0 Å². The molecular weight excluding hydrogens is 300 g/mol. The van der Waals surface area contributed by atoms with E-state index in [1.54, 1.807) is 12.4 Å². The van der Waals surface area contributed by atoms with E-state index in [0.717, 1.165) is 48.8 Å². The average Bonchev–Trinajstić information content (AvgIpc) is 3.06. The van der Waals surface area contributed by atoms with Crippen LogP contribution in [0.5, 0.6) is 0 Å². The third kappa shape index (κ3) is 2.97. The zero-order valence-corrected chi connectivity index (χ0v) is 13.9. The van der Waals surface area contributed by atoms with Gasteiger partial charge >= 0.3 is 0 Å². The Labute approximate surface area is 141 Å². The lowest BCUT2D eigenvalue weighted by Crippen LogP contribution is -2.38. The third-order valence-electron chi connectivity index (χ3n) is 4.53. The third-order valence-corrected chi connectivity index (χ3v) is 4.53. The second-order valence-corrected chi connectivity index (χ2v) is 6.24. The summed E-state index contributed by atoms with van der Waals surface area (Å²) in [6.45, 7) is 4.23. The number of nitrogens with one attached hydrogen (secondary N) is 2. The first kappa shape index (κ1) is 15.1. The Bertz CT molecular complexity index is 834. The molecule has 0 radical (unpaired) electrons. The van der Waals surface area contributed by atoms with Crippen LogP contribution in [0.3, 0.4) is 0 Å². The van der Waals surface area contributed by atoms with Crippen molar-refractivity contribution >= 4 is 11.5 Å². The Morgan fingerprint density at radius 1 is 1.33 bits per heavy atom. The van der Waals surface area contributed by atoms with Gasteiger partial charge < -0.3 is 10.6 Å². The maximum atomic E-state index is 4.74. The van der Waals surface area contributed by atoms with Gasteiger partial charge in [0, 0.05) is 18.8 Å². The summed E-state index contributed by atoms with van der Waals surface area (Å²) in [6, 6.07) is 4.66. The molecular formula is C18H22N6. The van der Waals surface area contributed by atoms with Crippen LogP contribution in [0.15, 0.2) is 36.9 Å². The number of imidazole rings is 1. The highest BCUT2D eigenvalue weighted by Gasteiger charge is 2.14. The van der Waals surface area contributed by atoms with Gasteiger partial charge in [-0.1, -0.05) is 6.92 Å². The van der Waals surface area contributed by atoms with Crippen LogP contribution >= 0.6 is 0 Å². The maximum absolute atomic E-state index is 4.74. The van der Waals surface area contributed by atoms with Gasteiger partial charge in [-0.25, -0.2) is 9.97 Å². The van der Waals surface area contributed by atoms with E-state index in [4.69, 9.17) is 4.98 Å². The normalized spacial score (nSPS) is 18.0. The summed E-state index contributed by atoms with van der Waals surface area (Å²) in [5.41, 5.74) is 4.03. The molecule has 2 N–H and O–H groups in total. The smallest absolute Gasteiger partial charge is 0.145 e. The number of rotatable bonds is 4. The van der Waals surface area contributed by atoms with Gasteiger partial charge in [0.15, 0.2) is 0 Å². The van der Waals surface area contributed by atoms with Crippen LogP contribution in [0.25, 0.3) is 17.0 Å². The summed E-state index contributed by atoms with van der Waals surface area (Å²) < 4.78 is 2.06. The molecule has 3 aromatic rings. The lowest BCUT2D eigenvalue weighted by atomic mass is 10.1. The van der Waals surface area contributed by atoms with Gasteiger partial charge in [-0.3, -0.25) is 9.38 Å². The van der Waals surface area contributed by atoms with Crippen molar-refractivity contribution in [1.29, 1.82) is 0 Å². The summed E-state index contributed by atoms with van der Waals surface area (Å²) in [4.78, 5) is 13.6. The van der Waals surface area contributed by atoms with Gasteiger partial charge in [-0.2, -0.15) is 0 Å². The molecule has 4 rings (SSSR count). The fourth-order valence-corrected chi connectivity index (χ4v) is 3.18. The molecule has 0 aromatic carbocycles. The number of hydrogen-bond acceptors (Lipinski definition) is 5. The number of aryl methyl sites for hydroxylation is 1. The molecule has 1 aliphatic heterocycles. The van der Waals surface area contributed by atoms with Crippen molar-refractivity contribution in [1.82, 2.24) is 24.7 Å². The highest BCUT2D eigenvalue weighted by atomic mass is 15.1. The zero-order chi connectivity index (χ0) is 16.4. The van der Waals surface area contributed by atoms with Crippen LogP contribution in [0, 0.1) is 0 Å². The Morgan fingerprint density at radius 2 is 2.29 bits per heavy atom. The molecule has 3 aromatic heterocycles. The predicted octanol–water partition coefficient (Wildman–Crippen LogP) is 2.52. The molecule has 0 amide bonds. The molecule has 0 saturated carbocycles. The summed E-state index contributed by atoms with van der Waals surface area (Å²) in [5, 5.41) is 6.89. The second kappa shape index (κ2) is 6.57. The SMILES string of the molecule is CCc1ccn2c(-c3cncc(NC4CCCNC4)n3)cnc2c1. The molecule has 4 heterocycles. The largest absolute Gasteiger partial charge is 0.365 e. The van der Waals surface area contributed by atoms with E-state index in [9.17, 15) is 0 Å². The number of nitrogens with zero attached hydrogens (tertiary/aromatic N) is 4. The first-order valence-electron chi connectivity index (χ1n) is 8.59. The van der Waals surface area contributed by atoms with Crippen LogP contribution in [0.2, 0.25) is 0 Å². The molecule has 0 spiro atoms. The molecule has 6 heteroatoms. The van der Waals surface area contributed by atoms with Crippen molar-refractivity contribution in [3.63, 3.8) is 0 Å². The van der Waals surface area contributed by atoms with E-state index in [1.807, 2.05) is 6.20 Å². The number of anilines is 1. The number of piperidine rings is 1. The summed E-state index contributed by atoms with van der Waals surface area (Å²) in [5.74, 6) is 0.821. The molecule has 1 atom stereocenters.